The quantitative estimate of drug-likeness (QED) is 0.808. The number of rotatable bonds is 2. The summed E-state index contributed by atoms with van der Waals surface area (Å²) < 4.78 is 26.4. The van der Waals surface area contributed by atoms with Gasteiger partial charge in [-0.2, -0.15) is 4.31 Å². The Morgan fingerprint density at radius 2 is 2.11 bits per heavy atom. The predicted molar refractivity (Wildman–Crippen MR) is 70.2 cm³/mol. The van der Waals surface area contributed by atoms with Crippen LogP contribution >= 0.6 is 11.3 Å². The molecular weight excluding hydrogens is 274 g/mol. The molecule has 0 spiro atoms. The molecule has 18 heavy (non-hydrogen) atoms. The highest BCUT2D eigenvalue weighted by Gasteiger charge is 2.34. The van der Waals surface area contributed by atoms with E-state index in [1.54, 1.807) is 6.92 Å². The number of hydrogen-bond acceptors (Lipinski definition) is 5. The summed E-state index contributed by atoms with van der Waals surface area (Å²) in [5.74, 6) is 0.236. The first-order valence-corrected chi connectivity index (χ1v) is 8.02. The second-order valence-electron chi connectivity index (χ2n) is 4.85. The molecule has 0 aliphatic carbocycles. The Kier molecular flexibility index (Phi) is 3.63. The third-order valence-electron chi connectivity index (χ3n) is 3.01. The number of aryl methyl sites for hydroxylation is 1. The normalized spacial score (nSPS) is 26.4. The Labute approximate surface area is 110 Å². The number of aromatic amines is 1. The summed E-state index contributed by atoms with van der Waals surface area (Å²) in [5.41, 5.74) is 6.26. The van der Waals surface area contributed by atoms with E-state index in [9.17, 15) is 13.2 Å². The van der Waals surface area contributed by atoms with Gasteiger partial charge in [-0.25, -0.2) is 8.42 Å². The highest BCUT2D eigenvalue weighted by Crippen LogP contribution is 2.25. The van der Waals surface area contributed by atoms with Gasteiger partial charge < -0.3 is 10.7 Å². The third kappa shape index (κ3) is 2.51. The van der Waals surface area contributed by atoms with E-state index in [1.165, 1.54) is 4.31 Å². The highest BCUT2D eigenvalue weighted by molar-refractivity contribution is 7.91. The molecule has 102 valence electrons. The lowest BCUT2D eigenvalue weighted by atomic mass is 9.99. The van der Waals surface area contributed by atoms with Gasteiger partial charge in [-0.1, -0.05) is 18.3 Å². The van der Waals surface area contributed by atoms with Gasteiger partial charge in [-0.15, -0.1) is 0 Å². The van der Waals surface area contributed by atoms with E-state index in [2.05, 4.69) is 4.98 Å². The zero-order valence-electron chi connectivity index (χ0n) is 10.3. The first-order chi connectivity index (χ1) is 8.30. The molecule has 2 atom stereocenters. The average Bonchev–Trinajstić information content (AvgIpc) is 2.57. The summed E-state index contributed by atoms with van der Waals surface area (Å²) in [5, 5.41) is 0. The van der Waals surface area contributed by atoms with E-state index in [4.69, 9.17) is 5.73 Å². The molecule has 6 nitrogen and oxygen atoms in total. The molecule has 1 saturated heterocycles. The van der Waals surface area contributed by atoms with E-state index in [0.29, 0.717) is 18.8 Å². The molecule has 3 N–H and O–H groups in total. The number of thiazole rings is 1. The van der Waals surface area contributed by atoms with Crippen molar-refractivity contribution in [2.45, 2.75) is 30.5 Å². The fourth-order valence-corrected chi connectivity index (χ4v) is 5.35. The number of nitrogens with two attached hydrogens (primary N) is 1. The minimum Gasteiger partial charge on any atom is -0.326 e. The van der Waals surface area contributed by atoms with Crippen LogP contribution in [0.15, 0.2) is 9.00 Å². The summed E-state index contributed by atoms with van der Waals surface area (Å²) in [6.45, 7) is 4.35. The van der Waals surface area contributed by atoms with Crippen molar-refractivity contribution in [1.82, 2.24) is 9.29 Å². The topological polar surface area (TPSA) is 96.3 Å². The minimum absolute atomic E-state index is 0.105. The second-order valence-corrected chi connectivity index (χ2v) is 7.97. The average molecular weight is 291 g/mol. The van der Waals surface area contributed by atoms with Crippen LogP contribution in [-0.4, -0.2) is 36.8 Å². The number of sulfonamides is 1. The van der Waals surface area contributed by atoms with Crippen LogP contribution in [0, 0.1) is 12.8 Å². The van der Waals surface area contributed by atoms with Crippen LogP contribution in [0.25, 0.3) is 0 Å². The number of piperidine rings is 1. The Morgan fingerprint density at radius 1 is 1.44 bits per heavy atom. The Balaban J connectivity index is 2.37. The Bertz CT molecular complexity index is 580. The summed E-state index contributed by atoms with van der Waals surface area (Å²) in [6, 6.07) is -0.139. The van der Waals surface area contributed by atoms with Crippen molar-refractivity contribution < 1.29 is 8.42 Å². The summed E-state index contributed by atoms with van der Waals surface area (Å²) in [7, 11) is -3.60. The fourth-order valence-electron chi connectivity index (χ4n) is 2.30. The van der Waals surface area contributed by atoms with Crippen LogP contribution < -0.4 is 10.6 Å². The van der Waals surface area contributed by atoms with E-state index >= 15 is 0 Å². The zero-order chi connectivity index (χ0) is 13.5. The molecule has 0 radical (unpaired) electrons. The zero-order valence-corrected chi connectivity index (χ0v) is 12.0. The summed E-state index contributed by atoms with van der Waals surface area (Å²) in [6.07, 6.45) is 0.828. The molecule has 1 aliphatic heterocycles. The van der Waals surface area contributed by atoms with Gasteiger partial charge in [-0.3, -0.25) is 4.79 Å². The number of H-pyrrole nitrogens is 1. The molecule has 2 unspecified atom stereocenters. The van der Waals surface area contributed by atoms with E-state index in [1.807, 2.05) is 6.92 Å². The molecule has 0 aromatic carbocycles. The van der Waals surface area contributed by atoms with E-state index in [-0.39, 0.29) is 21.0 Å². The lowest BCUT2D eigenvalue weighted by Crippen LogP contribution is -2.48. The van der Waals surface area contributed by atoms with Crippen LogP contribution in [0.4, 0.5) is 0 Å². The van der Waals surface area contributed by atoms with Gasteiger partial charge in [0.2, 0.25) is 0 Å². The van der Waals surface area contributed by atoms with Crippen molar-refractivity contribution in [2.24, 2.45) is 11.7 Å². The van der Waals surface area contributed by atoms with Crippen molar-refractivity contribution in [3.8, 4) is 0 Å². The maximum absolute atomic E-state index is 12.4. The van der Waals surface area contributed by atoms with Crippen LogP contribution in [0.5, 0.6) is 0 Å². The molecule has 0 amide bonds. The lowest BCUT2D eigenvalue weighted by molar-refractivity contribution is 0.254. The molecule has 0 saturated carbocycles. The molecule has 2 rings (SSSR count). The lowest BCUT2D eigenvalue weighted by Gasteiger charge is -2.33. The van der Waals surface area contributed by atoms with E-state index in [0.717, 1.165) is 17.8 Å². The van der Waals surface area contributed by atoms with Crippen molar-refractivity contribution in [1.29, 1.82) is 0 Å². The standard InChI is InChI=1S/C10H17N3O3S2/c1-6-3-8(11)5-13(4-6)18(15,16)9-7(2)12-10(14)17-9/h6,8H,3-5,11H2,1-2H3,(H,12,14). The first kappa shape index (κ1) is 13.7. The summed E-state index contributed by atoms with van der Waals surface area (Å²) >= 11 is 0.736. The minimum atomic E-state index is -3.60. The molecule has 1 aliphatic rings. The summed E-state index contributed by atoms with van der Waals surface area (Å²) in [4.78, 5) is 13.4. The number of nitrogens with zero attached hydrogens (tertiary/aromatic N) is 1. The van der Waals surface area contributed by atoms with Gasteiger partial charge in [-0.05, 0) is 19.3 Å². The van der Waals surface area contributed by atoms with Crippen molar-refractivity contribution in [2.75, 3.05) is 13.1 Å². The van der Waals surface area contributed by atoms with Gasteiger partial charge in [0.15, 0.2) is 4.21 Å². The van der Waals surface area contributed by atoms with Gasteiger partial charge in [0.1, 0.15) is 0 Å². The first-order valence-electron chi connectivity index (χ1n) is 5.76. The van der Waals surface area contributed by atoms with E-state index < -0.39 is 10.0 Å². The maximum atomic E-state index is 12.4. The van der Waals surface area contributed by atoms with Gasteiger partial charge >= 0.3 is 4.87 Å². The Morgan fingerprint density at radius 3 is 2.61 bits per heavy atom. The number of hydrogen-bond donors (Lipinski definition) is 2. The number of nitrogens with one attached hydrogen (secondary N) is 1. The second kappa shape index (κ2) is 4.76. The monoisotopic (exact) mass is 291 g/mol. The highest BCUT2D eigenvalue weighted by atomic mass is 32.2. The predicted octanol–water partition coefficient (Wildman–Crippen LogP) is 0.103. The number of aromatic nitrogens is 1. The molecule has 8 heteroatoms. The van der Waals surface area contributed by atoms with Gasteiger partial charge in [0.05, 0.1) is 0 Å². The van der Waals surface area contributed by atoms with Gasteiger partial charge in [0, 0.05) is 24.8 Å². The molecular formula is C10H17N3O3S2. The van der Waals surface area contributed by atoms with Crippen LogP contribution in [0.2, 0.25) is 0 Å². The largest absolute Gasteiger partial charge is 0.326 e. The third-order valence-corrected chi connectivity index (χ3v) is 6.43. The maximum Gasteiger partial charge on any atom is 0.305 e. The van der Waals surface area contributed by atoms with Crippen molar-refractivity contribution in [3.05, 3.63) is 15.4 Å². The fraction of sp³-hybridized carbons (Fsp3) is 0.700. The molecule has 1 aromatic heterocycles. The van der Waals surface area contributed by atoms with Gasteiger partial charge in [0.25, 0.3) is 10.0 Å². The Hall–Kier alpha value is -0.700. The molecule has 0 bridgehead atoms. The molecule has 2 heterocycles. The molecule has 1 aromatic rings. The van der Waals surface area contributed by atoms with Crippen LogP contribution in [0.3, 0.4) is 0 Å². The van der Waals surface area contributed by atoms with Crippen molar-refractivity contribution in [3.63, 3.8) is 0 Å². The smallest absolute Gasteiger partial charge is 0.305 e. The van der Waals surface area contributed by atoms with Crippen molar-refractivity contribution >= 4 is 21.4 Å². The molecule has 1 fully saturated rings. The van der Waals surface area contributed by atoms with Crippen LogP contribution in [0.1, 0.15) is 19.0 Å². The van der Waals surface area contributed by atoms with Crippen LogP contribution in [-0.2, 0) is 10.0 Å². The SMILES string of the molecule is Cc1[nH]c(=O)sc1S(=O)(=O)N1CC(C)CC(N)C1.